The predicted octanol–water partition coefficient (Wildman–Crippen LogP) is 1.63. The molecule has 2 rings (SSSR count). The molecule has 1 N–H and O–H groups in total. The number of hydrogen-bond acceptors (Lipinski definition) is 3. The highest BCUT2D eigenvalue weighted by molar-refractivity contribution is 5.91. The maximum Gasteiger partial charge on any atom is 0.273 e. The Morgan fingerprint density at radius 3 is 2.42 bits per heavy atom. The van der Waals surface area contributed by atoms with Gasteiger partial charge in [0, 0.05) is 20.3 Å². The molecule has 0 radical (unpaired) electrons. The molecule has 0 aliphatic carbocycles. The molecule has 1 aromatic heterocycles. The number of rotatable bonds is 3. The van der Waals surface area contributed by atoms with E-state index in [9.17, 15) is 9.90 Å². The molecule has 5 heteroatoms. The van der Waals surface area contributed by atoms with Crippen LogP contribution in [0.15, 0.2) is 36.5 Å². The lowest BCUT2D eigenvalue weighted by atomic mass is 10.1. The number of aliphatic hydroxyl groups is 1. The van der Waals surface area contributed by atoms with E-state index in [1.807, 2.05) is 24.3 Å². The van der Waals surface area contributed by atoms with Crippen LogP contribution in [0.4, 0.5) is 0 Å². The lowest BCUT2D eigenvalue weighted by Crippen LogP contribution is -2.22. The Hall–Kier alpha value is -2.14. The Morgan fingerprint density at radius 2 is 1.89 bits per heavy atom. The van der Waals surface area contributed by atoms with E-state index in [2.05, 4.69) is 5.10 Å². The summed E-state index contributed by atoms with van der Waals surface area (Å²) < 4.78 is 1.64. The molecule has 0 aliphatic heterocycles. The van der Waals surface area contributed by atoms with Gasteiger partial charge in [-0.2, -0.15) is 5.10 Å². The maximum absolute atomic E-state index is 11.7. The fraction of sp³-hybridized carbons (Fsp3) is 0.286. The third-order valence-electron chi connectivity index (χ3n) is 2.85. The molecular formula is C14H17N3O2. The van der Waals surface area contributed by atoms with Crippen LogP contribution in [-0.4, -0.2) is 39.8 Å². The molecule has 1 heterocycles. The van der Waals surface area contributed by atoms with E-state index in [0.29, 0.717) is 5.69 Å². The summed E-state index contributed by atoms with van der Waals surface area (Å²) in [7, 11) is 3.39. The molecule has 1 atom stereocenters. The van der Waals surface area contributed by atoms with Gasteiger partial charge < -0.3 is 10.0 Å². The van der Waals surface area contributed by atoms with E-state index >= 15 is 0 Å². The van der Waals surface area contributed by atoms with Crippen LogP contribution in [0.25, 0.3) is 5.69 Å². The van der Waals surface area contributed by atoms with Gasteiger partial charge in [-0.05, 0) is 30.7 Å². The molecule has 5 nitrogen and oxygen atoms in total. The van der Waals surface area contributed by atoms with Crippen molar-refractivity contribution in [3.8, 4) is 5.69 Å². The van der Waals surface area contributed by atoms with E-state index in [1.54, 1.807) is 38.0 Å². The molecule has 19 heavy (non-hydrogen) atoms. The van der Waals surface area contributed by atoms with Crippen LogP contribution in [0.1, 0.15) is 29.1 Å². The average Bonchev–Trinajstić information content (AvgIpc) is 2.87. The van der Waals surface area contributed by atoms with Crippen molar-refractivity contribution in [2.24, 2.45) is 0 Å². The van der Waals surface area contributed by atoms with E-state index in [1.165, 1.54) is 4.90 Å². The fourth-order valence-electron chi connectivity index (χ4n) is 1.72. The minimum atomic E-state index is -0.488. The lowest BCUT2D eigenvalue weighted by Gasteiger charge is -2.08. The number of carbonyl (C=O) groups excluding carboxylic acids is 1. The second kappa shape index (κ2) is 5.24. The first-order chi connectivity index (χ1) is 8.99. The van der Waals surface area contributed by atoms with Crippen molar-refractivity contribution in [3.05, 3.63) is 47.8 Å². The van der Waals surface area contributed by atoms with Crippen molar-refractivity contribution in [1.29, 1.82) is 0 Å². The molecule has 0 bridgehead atoms. The maximum atomic E-state index is 11.7. The first-order valence-corrected chi connectivity index (χ1v) is 6.05. The second-order valence-electron chi connectivity index (χ2n) is 4.61. The van der Waals surface area contributed by atoms with Crippen LogP contribution in [0.3, 0.4) is 0 Å². The van der Waals surface area contributed by atoms with Gasteiger partial charge in [0.1, 0.15) is 0 Å². The molecule has 2 aromatic rings. The molecule has 0 saturated heterocycles. The Kier molecular flexibility index (Phi) is 3.66. The number of aromatic nitrogens is 2. The SMILES string of the molecule is C[C@@H](O)c1ccc(-n2ccc(C(=O)N(C)C)n2)cc1. The number of nitrogens with zero attached hydrogens (tertiary/aromatic N) is 3. The summed E-state index contributed by atoms with van der Waals surface area (Å²) in [5, 5.41) is 13.7. The van der Waals surface area contributed by atoms with Crippen molar-refractivity contribution < 1.29 is 9.90 Å². The van der Waals surface area contributed by atoms with Crippen LogP contribution in [0.2, 0.25) is 0 Å². The van der Waals surface area contributed by atoms with E-state index in [4.69, 9.17) is 0 Å². The highest BCUT2D eigenvalue weighted by atomic mass is 16.3. The number of amides is 1. The molecule has 0 saturated carbocycles. The van der Waals surface area contributed by atoms with Crippen molar-refractivity contribution in [2.45, 2.75) is 13.0 Å². The molecule has 0 unspecified atom stereocenters. The monoisotopic (exact) mass is 259 g/mol. The van der Waals surface area contributed by atoms with Gasteiger partial charge in [-0.1, -0.05) is 12.1 Å². The summed E-state index contributed by atoms with van der Waals surface area (Å²) in [6, 6.07) is 9.09. The van der Waals surface area contributed by atoms with E-state index in [-0.39, 0.29) is 5.91 Å². The topological polar surface area (TPSA) is 58.4 Å². The number of benzene rings is 1. The molecular weight excluding hydrogens is 242 g/mol. The third-order valence-corrected chi connectivity index (χ3v) is 2.85. The van der Waals surface area contributed by atoms with Gasteiger partial charge in [-0.25, -0.2) is 4.68 Å². The molecule has 1 aromatic carbocycles. The Balaban J connectivity index is 2.25. The molecule has 1 amide bonds. The van der Waals surface area contributed by atoms with Crippen LogP contribution < -0.4 is 0 Å². The summed E-state index contributed by atoms with van der Waals surface area (Å²) in [6.07, 6.45) is 1.26. The highest BCUT2D eigenvalue weighted by Gasteiger charge is 2.11. The van der Waals surface area contributed by atoms with Crippen molar-refractivity contribution >= 4 is 5.91 Å². The first kappa shape index (κ1) is 13.3. The van der Waals surface area contributed by atoms with Gasteiger partial charge in [0.25, 0.3) is 5.91 Å². The van der Waals surface area contributed by atoms with Gasteiger partial charge in [-0.3, -0.25) is 4.79 Å². The zero-order valence-electron chi connectivity index (χ0n) is 11.2. The van der Waals surface area contributed by atoms with E-state index < -0.39 is 6.10 Å². The van der Waals surface area contributed by atoms with Gasteiger partial charge in [0.15, 0.2) is 5.69 Å². The normalized spacial score (nSPS) is 12.2. The minimum absolute atomic E-state index is 0.126. The van der Waals surface area contributed by atoms with Crippen LogP contribution in [0.5, 0.6) is 0 Å². The van der Waals surface area contributed by atoms with Gasteiger partial charge in [-0.15, -0.1) is 0 Å². The van der Waals surface area contributed by atoms with Gasteiger partial charge in [0.2, 0.25) is 0 Å². The Labute approximate surface area is 112 Å². The quantitative estimate of drug-likeness (QED) is 0.911. The van der Waals surface area contributed by atoms with Gasteiger partial charge >= 0.3 is 0 Å². The Bertz CT molecular complexity index is 571. The van der Waals surface area contributed by atoms with Crippen molar-refractivity contribution in [3.63, 3.8) is 0 Å². The smallest absolute Gasteiger partial charge is 0.273 e. The third kappa shape index (κ3) is 2.82. The number of aliphatic hydroxyl groups excluding tert-OH is 1. The Morgan fingerprint density at radius 1 is 1.26 bits per heavy atom. The molecule has 100 valence electrons. The lowest BCUT2D eigenvalue weighted by molar-refractivity contribution is 0.0821. The predicted molar refractivity (Wildman–Crippen MR) is 72.2 cm³/mol. The first-order valence-electron chi connectivity index (χ1n) is 6.05. The second-order valence-corrected chi connectivity index (χ2v) is 4.61. The van der Waals surface area contributed by atoms with Crippen molar-refractivity contribution in [2.75, 3.05) is 14.1 Å². The van der Waals surface area contributed by atoms with Crippen molar-refractivity contribution in [1.82, 2.24) is 14.7 Å². The largest absolute Gasteiger partial charge is 0.389 e. The summed E-state index contributed by atoms with van der Waals surface area (Å²) in [6.45, 7) is 1.72. The van der Waals surface area contributed by atoms with Crippen LogP contribution >= 0.6 is 0 Å². The molecule has 0 aliphatic rings. The summed E-state index contributed by atoms with van der Waals surface area (Å²) in [5.74, 6) is -0.126. The van der Waals surface area contributed by atoms with Crippen LogP contribution in [0, 0.1) is 0 Å². The minimum Gasteiger partial charge on any atom is -0.389 e. The average molecular weight is 259 g/mol. The van der Waals surface area contributed by atoms with Crippen LogP contribution in [-0.2, 0) is 0 Å². The fourth-order valence-corrected chi connectivity index (χ4v) is 1.72. The number of hydrogen-bond donors (Lipinski definition) is 1. The summed E-state index contributed by atoms with van der Waals surface area (Å²) in [4.78, 5) is 13.2. The standard InChI is InChI=1S/C14H17N3O2/c1-10(18)11-4-6-12(7-5-11)17-9-8-13(15-17)14(19)16(2)3/h4-10,18H,1-3H3/t10-/m1/s1. The summed E-state index contributed by atoms with van der Waals surface area (Å²) in [5.41, 5.74) is 2.10. The van der Waals surface area contributed by atoms with E-state index in [0.717, 1.165) is 11.3 Å². The highest BCUT2D eigenvalue weighted by Crippen LogP contribution is 2.15. The number of carbonyl (C=O) groups is 1. The van der Waals surface area contributed by atoms with Gasteiger partial charge in [0.05, 0.1) is 11.8 Å². The zero-order chi connectivity index (χ0) is 14.0. The molecule has 0 spiro atoms. The molecule has 0 fully saturated rings. The summed E-state index contributed by atoms with van der Waals surface area (Å²) >= 11 is 0. The zero-order valence-corrected chi connectivity index (χ0v) is 11.2.